The molecule has 8 nitrogen and oxygen atoms in total. The van der Waals surface area contributed by atoms with Crippen molar-refractivity contribution in [2.45, 2.75) is 31.7 Å². The molecule has 0 aromatic heterocycles. The fraction of sp³-hybridized carbons (Fsp3) is 0.353. The second kappa shape index (κ2) is 7.14. The van der Waals surface area contributed by atoms with E-state index in [1.54, 1.807) is 0 Å². The Labute approximate surface area is 154 Å². The molecule has 2 fully saturated rings. The van der Waals surface area contributed by atoms with Crippen molar-refractivity contribution in [3.05, 3.63) is 28.8 Å². The highest BCUT2D eigenvalue weighted by Gasteiger charge is 2.48. The van der Waals surface area contributed by atoms with E-state index in [-0.39, 0.29) is 17.3 Å². The van der Waals surface area contributed by atoms with Crippen molar-refractivity contribution in [3.63, 3.8) is 0 Å². The lowest BCUT2D eigenvalue weighted by Gasteiger charge is -2.20. The molecule has 1 heterocycles. The van der Waals surface area contributed by atoms with Crippen molar-refractivity contribution in [1.29, 1.82) is 5.26 Å². The second-order valence-electron chi connectivity index (χ2n) is 6.14. The zero-order valence-electron chi connectivity index (χ0n) is 13.7. The molecule has 1 aromatic carbocycles. The van der Waals surface area contributed by atoms with Gasteiger partial charge < -0.3 is 5.32 Å². The molecule has 1 saturated heterocycles. The predicted molar refractivity (Wildman–Crippen MR) is 91.0 cm³/mol. The van der Waals surface area contributed by atoms with Gasteiger partial charge in [-0.05, 0) is 31.0 Å². The van der Waals surface area contributed by atoms with Gasteiger partial charge in [-0.15, -0.1) is 0 Å². The molecule has 1 aromatic rings. The largest absolute Gasteiger partial charge is 0.334 e. The quantitative estimate of drug-likeness (QED) is 0.639. The van der Waals surface area contributed by atoms with E-state index in [9.17, 15) is 19.2 Å². The van der Waals surface area contributed by atoms with Gasteiger partial charge in [0.15, 0.2) is 0 Å². The number of hydrogen-bond donors (Lipinski definition) is 1. The maximum absolute atomic E-state index is 12.4. The maximum Gasteiger partial charge on any atom is 0.334 e. The number of anilines is 1. The van der Waals surface area contributed by atoms with Crippen LogP contribution in [0.3, 0.4) is 0 Å². The van der Waals surface area contributed by atoms with Gasteiger partial charge in [0.05, 0.1) is 11.3 Å². The van der Waals surface area contributed by atoms with Crippen LogP contribution in [-0.4, -0.2) is 46.1 Å². The van der Waals surface area contributed by atoms with Gasteiger partial charge in [0.2, 0.25) is 5.91 Å². The van der Waals surface area contributed by atoms with Gasteiger partial charge in [-0.25, -0.2) is 9.69 Å². The number of nitrogens with one attached hydrogen (secondary N) is 1. The fourth-order valence-electron chi connectivity index (χ4n) is 3.20. The first-order valence-electron chi connectivity index (χ1n) is 8.11. The van der Waals surface area contributed by atoms with Gasteiger partial charge in [-0.2, -0.15) is 5.26 Å². The molecule has 0 unspecified atom stereocenters. The third-order valence-electron chi connectivity index (χ3n) is 4.45. The molecule has 26 heavy (non-hydrogen) atoms. The van der Waals surface area contributed by atoms with Gasteiger partial charge in [0, 0.05) is 11.1 Å². The lowest BCUT2D eigenvalue weighted by molar-refractivity contribution is -0.144. The van der Waals surface area contributed by atoms with Crippen LogP contribution in [0.25, 0.3) is 0 Å². The number of nitriles is 1. The molecule has 9 heteroatoms. The first kappa shape index (κ1) is 17.9. The second-order valence-corrected chi connectivity index (χ2v) is 6.57. The van der Waals surface area contributed by atoms with Crippen LogP contribution >= 0.6 is 11.6 Å². The number of nitrogens with zero attached hydrogens (tertiary/aromatic N) is 3. The number of carbonyl (C=O) groups excluding carboxylic acids is 4. The Morgan fingerprint density at radius 2 is 1.92 bits per heavy atom. The summed E-state index contributed by atoms with van der Waals surface area (Å²) in [7, 11) is 0. The average molecular weight is 375 g/mol. The van der Waals surface area contributed by atoms with Crippen LogP contribution in [0.4, 0.5) is 10.5 Å². The molecule has 1 saturated carbocycles. The SMILES string of the molecule is N#Cc1ccc(Cl)cc1NC(=O)CN1C(=O)C(=O)N(C2CCCC2)C1=O. The number of urea groups is 1. The van der Waals surface area contributed by atoms with Crippen LogP contribution in [0.1, 0.15) is 31.2 Å². The molecule has 134 valence electrons. The summed E-state index contributed by atoms with van der Waals surface area (Å²) in [6.45, 7) is -0.607. The molecule has 1 N–H and O–H groups in total. The smallest absolute Gasteiger partial charge is 0.323 e. The highest BCUT2D eigenvalue weighted by atomic mass is 35.5. The molecule has 0 radical (unpaired) electrons. The minimum absolute atomic E-state index is 0.170. The summed E-state index contributed by atoms with van der Waals surface area (Å²) in [5, 5.41) is 11.8. The Morgan fingerprint density at radius 1 is 1.23 bits per heavy atom. The van der Waals surface area contributed by atoms with Crippen molar-refractivity contribution in [2.75, 3.05) is 11.9 Å². The van der Waals surface area contributed by atoms with E-state index in [4.69, 9.17) is 16.9 Å². The molecular weight excluding hydrogens is 360 g/mol. The predicted octanol–water partition coefficient (Wildman–Crippen LogP) is 1.88. The minimum atomic E-state index is -1.01. The Balaban J connectivity index is 1.72. The molecule has 5 amide bonds. The van der Waals surface area contributed by atoms with Gasteiger partial charge in [-0.1, -0.05) is 24.4 Å². The zero-order valence-corrected chi connectivity index (χ0v) is 14.5. The van der Waals surface area contributed by atoms with Crippen LogP contribution in [0.15, 0.2) is 18.2 Å². The molecule has 0 atom stereocenters. The van der Waals surface area contributed by atoms with Crippen LogP contribution in [0.2, 0.25) is 5.02 Å². The average Bonchev–Trinajstić information content (AvgIpc) is 3.19. The summed E-state index contributed by atoms with van der Waals surface area (Å²) in [4.78, 5) is 50.5. The van der Waals surface area contributed by atoms with Crippen molar-refractivity contribution in [1.82, 2.24) is 9.80 Å². The first-order chi connectivity index (χ1) is 12.4. The van der Waals surface area contributed by atoms with Gasteiger partial charge >= 0.3 is 17.8 Å². The molecule has 1 aliphatic carbocycles. The monoisotopic (exact) mass is 374 g/mol. The van der Waals surface area contributed by atoms with E-state index >= 15 is 0 Å². The summed E-state index contributed by atoms with van der Waals surface area (Å²) in [5.74, 6) is -2.61. The molecule has 0 bridgehead atoms. The zero-order chi connectivity index (χ0) is 18.8. The standard InChI is InChI=1S/C17H15ClN4O4/c18-11-6-5-10(8-19)13(7-11)20-14(23)9-21-15(24)16(25)22(17(21)26)12-3-1-2-4-12/h5-7,12H,1-4,9H2,(H,20,23). The summed E-state index contributed by atoms with van der Waals surface area (Å²) in [5.41, 5.74) is 0.355. The van der Waals surface area contributed by atoms with Crippen LogP contribution in [-0.2, 0) is 14.4 Å². The van der Waals surface area contributed by atoms with Crippen molar-refractivity contribution < 1.29 is 19.2 Å². The summed E-state index contributed by atoms with van der Waals surface area (Å²) in [6.07, 6.45) is 3.11. The molecule has 0 spiro atoms. The number of hydrogen-bond acceptors (Lipinski definition) is 5. The number of amides is 5. The third kappa shape index (κ3) is 3.26. The molecule has 1 aliphatic heterocycles. The van der Waals surface area contributed by atoms with Crippen molar-refractivity contribution in [2.24, 2.45) is 0 Å². The summed E-state index contributed by atoms with van der Waals surface area (Å²) in [6, 6.07) is 5.18. The molecule has 3 rings (SSSR count). The lowest BCUT2D eigenvalue weighted by atomic mass is 10.2. The Hall–Kier alpha value is -2.92. The Morgan fingerprint density at radius 3 is 2.58 bits per heavy atom. The normalized spacial score (nSPS) is 17.8. The number of rotatable bonds is 4. The van der Waals surface area contributed by atoms with Crippen LogP contribution < -0.4 is 5.32 Å². The number of benzene rings is 1. The van der Waals surface area contributed by atoms with E-state index in [0.29, 0.717) is 22.8 Å². The van der Waals surface area contributed by atoms with Crippen LogP contribution in [0.5, 0.6) is 0 Å². The highest BCUT2D eigenvalue weighted by molar-refractivity contribution is 6.45. The summed E-state index contributed by atoms with van der Waals surface area (Å²) >= 11 is 5.85. The Bertz CT molecular complexity index is 842. The van der Waals surface area contributed by atoms with E-state index in [1.807, 2.05) is 6.07 Å². The van der Waals surface area contributed by atoms with E-state index in [0.717, 1.165) is 17.7 Å². The van der Waals surface area contributed by atoms with Gasteiger partial charge in [0.25, 0.3) is 0 Å². The van der Waals surface area contributed by atoms with Crippen molar-refractivity contribution >= 4 is 41.0 Å². The fourth-order valence-corrected chi connectivity index (χ4v) is 3.37. The van der Waals surface area contributed by atoms with E-state index < -0.39 is 30.3 Å². The van der Waals surface area contributed by atoms with Crippen molar-refractivity contribution in [3.8, 4) is 6.07 Å². The first-order valence-corrected chi connectivity index (χ1v) is 8.48. The molecular formula is C17H15ClN4O4. The number of imide groups is 2. The topological polar surface area (TPSA) is 111 Å². The summed E-state index contributed by atoms with van der Waals surface area (Å²) < 4.78 is 0. The number of carbonyl (C=O) groups is 4. The lowest BCUT2D eigenvalue weighted by Crippen LogP contribution is -2.41. The van der Waals surface area contributed by atoms with E-state index in [2.05, 4.69) is 5.32 Å². The van der Waals surface area contributed by atoms with Crippen LogP contribution in [0, 0.1) is 11.3 Å². The minimum Gasteiger partial charge on any atom is -0.323 e. The van der Waals surface area contributed by atoms with E-state index in [1.165, 1.54) is 18.2 Å². The maximum atomic E-state index is 12.4. The Kier molecular flexibility index (Phi) is 4.91. The molecule has 2 aliphatic rings. The van der Waals surface area contributed by atoms with Gasteiger partial charge in [-0.3, -0.25) is 19.3 Å². The third-order valence-corrected chi connectivity index (χ3v) is 4.69. The van der Waals surface area contributed by atoms with Gasteiger partial charge in [0.1, 0.15) is 12.6 Å². The highest BCUT2D eigenvalue weighted by Crippen LogP contribution is 2.28. The number of halogens is 1.